The van der Waals surface area contributed by atoms with Gasteiger partial charge in [-0.1, -0.05) is 18.2 Å². The molecule has 96 valence electrons. The highest BCUT2D eigenvalue weighted by Gasteiger charge is 2.01. The van der Waals surface area contributed by atoms with Crippen LogP contribution < -0.4 is 5.32 Å². The quantitative estimate of drug-likeness (QED) is 0.786. The summed E-state index contributed by atoms with van der Waals surface area (Å²) in [5.74, 6) is 0. The number of hydrogen-bond acceptors (Lipinski definition) is 4. The first-order chi connectivity index (χ1) is 9.86. The van der Waals surface area contributed by atoms with E-state index in [0.717, 1.165) is 22.3 Å². The van der Waals surface area contributed by atoms with Crippen LogP contribution in [0.25, 0.3) is 11.0 Å². The van der Waals surface area contributed by atoms with Crippen LogP contribution >= 0.6 is 0 Å². The van der Waals surface area contributed by atoms with Gasteiger partial charge in [0.1, 0.15) is 0 Å². The van der Waals surface area contributed by atoms with E-state index in [2.05, 4.69) is 21.4 Å². The summed E-state index contributed by atoms with van der Waals surface area (Å²) in [6.45, 7) is 0.607. The molecule has 20 heavy (non-hydrogen) atoms. The van der Waals surface area contributed by atoms with E-state index in [1.54, 1.807) is 12.4 Å². The molecule has 0 spiro atoms. The Morgan fingerprint density at radius 3 is 2.65 bits per heavy atom. The minimum absolute atomic E-state index is 0.607. The van der Waals surface area contributed by atoms with Gasteiger partial charge < -0.3 is 5.32 Å². The lowest BCUT2D eigenvalue weighted by Crippen LogP contribution is -2.01. The summed E-state index contributed by atoms with van der Waals surface area (Å²) >= 11 is 0. The number of benzene rings is 2. The Hall–Kier alpha value is -2.93. The Morgan fingerprint density at radius 1 is 1.00 bits per heavy atom. The number of fused-ring (bicyclic) bond motifs is 1. The fraction of sp³-hybridized carbons (Fsp3) is 0.0625. The van der Waals surface area contributed by atoms with E-state index in [4.69, 9.17) is 5.26 Å². The van der Waals surface area contributed by atoms with Crippen LogP contribution in [0.3, 0.4) is 0 Å². The average Bonchev–Trinajstić information content (AvgIpc) is 2.53. The van der Waals surface area contributed by atoms with Crippen molar-refractivity contribution in [2.45, 2.75) is 6.54 Å². The third-order valence-electron chi connectivity index (χ3n) is 3.09. The van der Waals surface area contributed by atoms with Gasteiger partial charge in [-0.2, -0.15) is 5.26 Å². The van der Waals surface area contributed by atoms with Gasteiger partial charge >= 0.3 is 0 Å². The minimum Gasteiger partial charge on any atom is -0.381 e. The molecule has 0 unspecified atom stereocenters. The molecule has 0 saturated heterocycles. The number of rotatable bonds is 3. The Kier molecular flexibility index (Phi) is 3.25. The molecule has 0 fully saturated rings. The fourth-order valence-electron chi connectivity index (χ4n) is 2.05. The van der Waals surface area contributed by atoms with Crippen molar-refractivity contribution in [3.05, 3.63) is 66.0 Å². The van der Waals surface area contributed by atoms with Crippen LogP contribution in [-0.4, -0.2) is 9.97 Å². The van der Waals surface area contributed by atoms with Gasteiger partial charge in [-0.15, -0.1) is 0 Å². The van der Waals surface area contributed by atoms with Gasteiger partial charge in [-0.05, 0) is 29.8 Å². The van der Waals surface area contributed by atoms with Crippen molar-refractivity contribution >= 4 is 16.7 Å². The maximum Gasteiger partial charge on any atom is 0.0995 e. The number of anilines is 1. The van der Waals surface area contributed by atoms with Gasteiger partial charge in [0.05, 0.1) is 22.7 Å². The van der Waals surface area contributed by atoms with Crippen molar-refractivity contribution in [3.8, 4) is 6.07 Å². The standard InChI is InChI=1S/C16H12N4/c17-10-12-3-1-2-4-13(12)11-20-14-5-6-15-16(9-14)19-8-7-18-15/h1-9,20H,11H2. The van der Waals surface area contributed by atoms with Gasteiger partial charge in [-0.25, -0.2) is 0 Å². The van der Waals surface area contributed by atoms with Gasteiger partial charge in [0.25, 0.3) is 0 Å². The van der Waals surface area contributed by atoms with Crippen LogP contribution in [0.15, 0.2) is 54.9 Å². The molecule has 3 aromatic rings. The van der Waals surface area contributed by atoms with E-state index in [0.29, 0.717) is 12.1 Å². The number of aromatic nitrogens is 2. The summed E-state index contributed by atoms with van der Waals surface area (Å²) in [4.78, 5) is 8.51. The molecular weight excluding hydrogens is 248 g/mol. The Morgan fingerprint density at radius 2 is 1.80 bits per heavy atom. The van der Waals surface area contributed by atoms with Crippen molar-refractivity contribution < 1.29 is 0 Å². The lowest BCUT2D eigenvalue weighted by atomic mass is 10.1. The molecule has 4 heteroatoms. The van der Waals surface area contributed by atoms with Gasteiger partial charge in [0, 0.05) is 24.6 Å². The van der Waals surface area contributed by atoms with Crippen LogP contribution in [0.1, 0.15) is 11.1 Å². The molecule has 0 aliphatic rings. The zero-order valence-electron chi connectivity index (χ0n) is 10.7. The number of nitrogens with zero attached hydrogens (tertiary/aromatic N) is 3. The van der Waals surface area contributed by atoms with E-state index in [-0.39, 0.29) is 0 Å². The SMILES string of the molecule is N#Cc1ccccc1CNc1ccc2nccnc2c1. The van der Waals surface area contributed by atoms with Gasteiger partial charge in [0.2, 0.25) is 0 Å². The fourth-order valence-corrected chi connectivity index (χ4v) is 2.05. The molecule has 1 aromatic heterocycles. The molecule has 2 aromatic carbocycles. The number of nitrogens with one attached hydrogen (secondary N) is 1. The van der Waals surface area contributed by atoms with E-state index in [9.17, 15) is 0 Å². The minimum atomic E-state index is 0.607. The van der Waals surface area contributed by atoms with Crippen LogP contribution in [0.5, 0.6) is 0 Å². The Balaban J connectivity index is 1.82. The van der Waals surface area contributed by atoms with E-state index >= 15 is 0 Å². The van der Waals surface area contributed by atoms with Crippen molar-refractivity contribution in [2.24, 2.45) is 0 Å². The smallest absolute Gasteiger partial charge is 0.0995 e. The maximum absolute atomic E-state index is 9.06. The second-order valence-electron chi connectivity index (χ2n) is 4.38. The molecule has 0 radical (unpaired) electrons. The Labute approximate surface area is 116 Å². The van der Waals surface area contributed by atoms with Crippen LogP contribution in [0.2, 0.25) is 0 Å². The maximum atomic E-state index is 9.06. The summed E-state index contributed by atoms with van der Waals surface area (Å²) in [5, 5.41) is 12.4. The van der Waals surface area contributed by atoms with Crippen molar-refractivity contribution in [3.63, 3.8) is 0 Å². The van der Waals surface area contributed by atoms with E-state index in [1.165, 1.54) is 0 Å². The van der Waals surface area contributed by atoms with Crippen LogP contribution in [0.4, 0.5) is 5.69 Å². The predicted molar refractivity (Wildman–Crippen MR) is 78.0 cm³/mol. The summed E-state index contributed by atoms with van der Waals surface area (Å²) < 4.78 is 0. The predicted octanol–water partition coefficient (Wildman–Crippen LogP) is 3.11. The highest BCUT2D eigenvalue weighted by atomic mass is 14.9. The summed E-state index contributed by atoms with van der Waals surface area (Å²) in [5.41, 5.74) is 4.36. The molecule has 1 heterocycles. The lowest BCUT2D eigenvalue weighted by Gasteiger charge is -2.08. The second kappa shape index (κ2) is 5.37. The van der Waals surface area contributed by atoms with Crippen LogP contribution in [0, 0.1) is 11.3 Å². The molecule has 0 atom stereocenters. The molecule has 0 saturated carbocycles. The normalized spacial score (nSPS) is 10.2. The highest BCUT2D eigenvalue weighted by molar-refractivity contribution is 5.78. The van der Waals surface area contributed by atoms with Gasteiger partial charge in [-0.3, -0.25) is 9.97 Å². The summed E-state index contributed by atoms with van der Waals surface area (Å²) in [6.07, 6.45) is 3.36. The zero-order valence-corrected chi connectivity index (χ0v) is 10.7. The van der Waals surface area contributed by atoms with Crippen LogP contribution in [-0.2, 0) is 6.54 Å². The first-order valence-corrected chi connectivity index (χ1v) is 6.29. The first kappa shape index (κ1) is 12.1. The number of nitriles is 1. The molecule has 0 aliphatic carbocycles. The van der Waals surface area contributed by atoms with Crippen molar-refractivity contribution in [1.82, 2.24) is 9.97 Å². The van der Waals surface area contributed by atoms with Gasteiger partial charge in [0.15, 0.2) is 0 Å². The summed E-state index contributed by atoms with van der Waals surface area (Å²) in [7, 11) is 0. The molecule has 0 amide bonds. The van der Waals surface area contributed by atoms with Crippen molar-refractivity contribution in [1.29, 1.82) is 5.26 Å². The second-order valence-corrected chi connectivity index (χ2v) is 4.38. The third-order valence-corrected chi connectivity index (χ3v) is 3.09. The Bertz CT molecular complexity index is 790. The van der Waals surface area contributed by atoms with Crippen molar-refractivity contribution in [2.75, 3.05) is 5.32 Å². The first-order valence-electron chi connectivity index (χ1n) is 6.29. The lowest BCUT2D eigenvalue weighted by molar-refractivity contribution is 1.14. The monoisotopic (exact) mass is 260 g/mol. The third kappa shape index (κ3) is 2.43. The largest absolute Gasteiger partial charge is 0.381 e. The molecule has 4 nitrogen and oxygen atoms in total. The highest BCUT2D eigenvalue weighted by Crippen LogP contribution is 2.16. The molecule has 1 N–H and O–H groups in total. The molecule has 0 bridgehead atoms. The van der Waals surface area contributed by atoms with E-state index < -0.39 is 0 Å². The average molecular weight is 260 g/mol. The van der Waals surface area contributed by atoms with E-state index in [1.807, 2.05) is 42.5 Å². The topological polar surface area (TPSA) is 61.6 Å². The summed E-state index contributed by atoms with van der Waals surface area (Å²) in [6, 6.07) is 15.6. The number of hydrogen-bond donors (Lipinski definition) is 1. The molecule has 3 rings (SSSR count). The molecular formula is C16H12N4. The zero-order chi connectivity index (χ0) is 13.8. The molecule has 0 aliphatic heterocycles.